The third kappa shape index (κ3) is 4.52. The lowest BCUT2D eigenvalue weighted by Gasteiger charge is -2.12. The Morgan fingerprint density at radius 3 is 1.32 bits per heavy atom. The van der Waals surface area contributed by atoms with Crippen LogP contribution in [-0.4, -0.2) is 23.9 Å². The number of benzene rings is 8. The predicted octanol–water partition coefficient (Wildman–Crippen LogP) is 12.8. The van der Waals surface area contributed by atoms with Gasteiger partial charge < -0.3 is 4.40 Å². The molecule has 0 fully saturated rings. The number of aromatic nitrogens is 5. The Kier molecular flexibility index (Phi) is 6.56. The molecule has 12 aromatic rings. The van der Waals surface area contributed by atoms with Crippen LogP contribution in [0.25, 0.3) is 111 Å². The summed E-state index contributed by atoms with van der Waals surface area (Å²) in [6.07, 6.45) is 0. The highest BCUT2D eigenvalue weighted by Crippen LogP contribution is 2.45. The van der Waals surface area contributed by atoms with Crippen molar-refractivity contribution in [3.05, 3.63) is 188 Å². The van der Waals surface area contributed by atoms with Crippen molar-refractivity contribution in [2.75, 3.05) is 0 Å². The van der Waals surface area contributed by atoms with Crippen molar-refractivity contribution in [1.29, 1.82) is 0 Å². The van der Waals surface area contributed by atoms with Crippen LogP contribution in [0.15, 0.2) is 188 Å². The Bertz CT molecular complexity index is 3330. The zero-order chi connectivity index (χ0) is 36.7. The summed E-state index contributed by atoms with van der Waals surface area (Å²) < 4.78 is 4.70. The lowest BCUT2D eigenvalue weighted by Crippen LogP contribution is -2.06. The summed E-state index contributed by atoms with van der Waals surface area (Å²) in [5, 5.41) is 7.26. The van der Waals surface area contributed by atoms with Gasteiger partial charge in [0.05, 0.1) is 27.6 Å². The highest BCUT2D eigenvalue weighted by molar-refractivity contribution is 6.33. The van der Waals surface area contributed by atoms with Crippen LogP contribution in [0.3, 0.4) is 0 Å². The van der Waals surface area contributed by atoms with E-state index in [-0.39, 0.29) is 0 Å². The minimum atomic E-state index is 0.581. The molecule has 0 saturated carbocycles. The van der Waals surface area contributed by atoms with Gasteiger partial charge in [0, 0.05) is 38.1 Å². The van der Waals surface area contributed by atoms with Crippen molar-refractivity contribution in [1.82, 2.24) is 23.9 Å². The summed E-state index contributed by atoms with van der Waals surface area (Å²) in [6.45, 7) is 0. The molecule has 0 atom stereocenters. The van der Waals surface area contributed by atoms with E-state index in [1.165, 1.54) is 60.0 Å². The Morgan fingerprint density at radius 2 is 0.732 bits per heavy atom. The van der Waals surface area contributed by atoms with E-state index >= 15 is 0 Å². The van der Waals surface area contributed by atoms with Crippen molar-refractivity contribution < 1.29 is 0 Å². The average molecular weight is 714 g/mol. The van der Waals surface area contributed by atoms with Crippen LogP contribution < -0.4 is 0 Å². The second-order valence-corrected chi connectivity index (χ2v) is 14.4. The molecular weight excluding hydrogens is 683 g/mol. The highest BCUT2D eigenvalue weighted by atomic mass is 15.2. The molecule has 0 bridgehead atoms. The number of hydrogen-bond acceptors (Lipinski definition) is 3. The van der Waals surface area contributed by atoms with E-state index in [0.717, 1.165) is 33.3 Å². The molecule has 56 heavy (non-hydrogen) atoms. The van der Waals surface area contributed by atoms with Gasteiger partial charge >= 0.3 is 0 Å². The first-order valence-electron chi connectivity index (χ1n) is 19.0. The summed E-state index contributed by atoms with van der Waals surface area (Å²) in [4.78, 5) is 15.8. The highest BCUT2D eigenvalue weighted by Gasteiger charge is 2.24. The first-order chi connectivity index (χ1) is 27.8. The molecule has 5 heteroatoms. The number of hydrogen-bond donors (Lipinski definition) is 0. The molecule has 0 unspecified atom stereocenters. The topological polar surface area (TPSA) is 48.0 Å². The van der Waals surface area contributed by atoms with Gasteiger partial charge in [-0.2, -0.15) is 9.97 Å². The van der Waals surface area contributed by atoms with Crippen LogP contribution in [0.1, 0.15) is 0 Å². The van der Waals surface area contributed by atoms with Gasteiger partial charge in [0.25, 0.3) is 0 Å². The molecule has 0 saturated heterocycles. The minimum Gasteiger partial charge on any atom is -0.308 e. The Balaban J connectivity index is 1.15. The van der Waals surface area contributed by atoms with Crippen molar-refractivity contribution in [2.24, 2.45) is 0 Å². The molecule has 5 nitrogen and oxygen atoms in total. The molecule has 0 aliphatic rings. The smallest absolute Gasteiger partial charge is 0.238 e. The minimum absolute atomic E-state index is 0.581. The molecule has 12 rings (SSSR count). The van der Waals surface area contributed by atoms with Crippen LogP contribution in [-0.2, 0) is 0 Å². The van der Waals surface area contributed by atoms with Crippen LogP contribution in [0.4, 0.5) is 0 Å². The van der Waals surface area contributed by atoms with E-state index in [2.05, 4.69) is 185 Å². The van der Waals surface area contributed by atoms with E-state index < -0.39 is 0 Å². The molecule has 8 aromatic carbocycles. The molecule has 0 aliphatic carbocycles. The first kappa shape index (κ1) is 30.8. The molecule has 0 aliphatic heterocycles. The van der Waals surface area contributed by atoms with E-state index in [1.54, 1.807) is 0 Å². The number of nitrogens with zero attached hydrogens (tertiary/aromatic N) is 5. The molecule has 0 N–H and O–H groups in total. The second kappa shape index (κ2) is 11.9. The Morgan fingerprint density at radius 1 is 0.286 bits per heavy atom. The molecule has 0 amide bonds. The van der Waals surface area contributed by atoms with Crippen LogP contribution in [0, 0.1) is 0 Å². The predicted molar refractivity (Wildman–Crippen MR) is 231 cm³/mol. The Labute approximate surface area is 321 Å². The maximum absolute atomic E-state index is 5.31. The first-order valence-corrected chi connectivity index (χ1v) is 19.0. The third-order valence-corrected chi connectivity index (χ3v) is 11.3. The van der Waals surface area contributed by atoms with Gasteiger partial charge in [0.1, 0.15) is 0 Å². The lowest BCUT2D eigenvalue weighted by molar-refractivity contribution is 0.954. The molecule has 4 aromatic heterocycles. The summed E-state index contributed by atoms with van der Waals surface area (Å²) >= 11 is 0. The van der Waals surface area contributed by atoms with E-state index in [0.29, 0.717) is 17.6 Å². The van der Waals surface area contributed by atoms with Gasteiger partial charge in [0.15, 0.2) is 11.6 Å². The van der Waals surface area contributed by atoms with Crippen molar-refractivity contribution in [2.45, 2.75) is 0 Å². The van der Waals surface area contributed by atoms with E-state index in [4.69, 9.17) is 15.0 Å². The standard InChI is InChI=1S/C51H31N5/c1-3-12-32(13-4-1)34-22-26-36(27-23-34)49-52-50(37-28-24-35(25-29-37)33-14-5-2-6-15-33)54-51(53-49)56-44-21-11-18-40-38-16-7-9-19-42(38)55-43-20-10-8-17-39(43)41-30-31-45(56)47(46(40)44)48(41)55/h1-31H. The summed E-state index contributed by atoms with van der Waals surface area (Å²) in [5.41, 5.74) is 12.2. The zero-order valence-electron chi connectivity index (χ0n) is 30.1. The zero-order valence-corrected chi connectivity index (χ0v) is 30.1. The van der Waals surface area contributed by atoms with Crippen LogP contribution in [0.5, 0.6) is 0 Å². The van der Waals surface area contributed by atoms with Gasteiger partial charge in [-0.25, -0.2) is 4.98 Å². The fraction of sp³-hybridized carbons (Fsp3) is 0. The number of rotatable bonds is 5. The van der Waals surface area contributed by atoms with Crippen LogP contribution >= 0.6 is 0 Å². The van der Waals surface area contributed by atoms with Crippen molar-refractivity contribution in [3.8, 4) is 51.0 Å². The fourth-order valence-corrected chi connectivity index (χ4v) is 8.79. The molecule has 0 spiro atoms. The summed E-state index contributed by atoms with van der Waals surface area (Å²) in [7, 11) is 0. The van der Waals surface area contributed by atoms with E-state index in [1.807, 2.05) is 12.1 Å². The second-order valence-electron chi connectivity index (χ2n) is 14.4. The molecule has 4 heterocycles. The normalized spacial score (nSPS) is 11.9. The van der Waals surface area contributed by atoms with Crippen molar-refractivity contribution >= 4 is 59.9 Å². The van der Waals surface area contributed by atoms with Gasteiger partial charge in [-0.1, -0.05) is 164 Å². The van der Waals surface area contributed by atoms with Crippen LogP contribution in [0.2, 0.25) is 0 Å². The number of fused-ring (bicyclic) bond motifs is 6. The van der Waals surface area contributed by atoms with Crippen molar-refractivity contribution in [3.63, 3.8) is 0 Å². The third-order valence-electron chi connectivity index (χ3n) is 11.3. The summed E-state index contributed by atoms with van der Waals surface area (Å²) in [6, 6.07) is 66.6. The fourth-order valence-electron chi connectivity index (χ4n) is 8.79. The maximum Gasteiger partial charge on any atom is 0.238 e. The SMILES string of the molecule is c1ccc(-c2ccc(-c3nc(-c4ccc(-c5ccccc5)cc4)nc(-n4c5cccc6c7ccccc7n7c8ccccc8c8ccc4c(c65)c87)n3)cc2)cc1. The quantitative estimate of drug-likeness (QED) is 0.178. The van der Waals surface area contributed by atoms with E-state index in [9.17, 15) is 0 Å². The average Bonchev–Trinajstić information content (AvgIpc) is 3.76. The van der Waals surface area contributed by atoms with Gasteiger partial charge in [-0.3, -0.25) is 4.57 Å². The van der Waals surface area contributed by atoms with Gasteiger partial charge in [0.2, 0.25) is 5.95 Å². The number of para-hydroxylation sites is 2. The van der Waals surface area contributed by atoms with Gasteiger partial charge in [-0.15, -0.1) is 0 Å². The Hall–Kier alpha value is -7.63. The molecule has 260 valence electrons. The molecule has 0 radical (unpaired) electrons. The monoisotopic (exact) mass is 713 g/mol. The lowest BCUT2D eigenvalue weighted by atomic mass is 10.0. The van der Waals surface area contributed by atoms with Gasteiger partial charge in [-0.05, 0) is 51.9 Å². The molecular formula is C51H31N5. The summed E-state index contributed by atoms with van der Waals surface area (Å²) in [5.74, 6) is 1.82. The maximum atomic E-state index is 5.31. The largest absolute Gasteiger partial charge is 0.308 e.